The van der Waals surface area contributed by atoms with Crippen LogP contribution in [0.4, 0.5) is 0 Å². The van der Waals surface area contributed by atoms with Gasteiger partial charge in [-0.15, -0.1) is 10.2 Å². The summed E-state index contributed by atoms with van der Waals surface area (Å²) >= 11 is 2.77. The topological polar surface area (TPSA) is 86.2 Å². The van der Waals surface area contributed by atoms with Crippen molar-refractivity contribution in [3.05, 3.63) is 57.0 Å². The number of hydrogen-bond donors (Lipinski definition) is 0. The van der Waals surface area contributed by atoms with E-state index >= 15 is 0 Å². The van der Waals surface area contributed by atoms with Gasteiger partial charge in [0.2, 0.25) is 10.9 Å². The van der Waals surface area contributed by atoms with Crippen LogP contribution in [0.1, 0.15) is 37.0 Å². The second kappa shape index (κ2) is 7.14. The first kappa shape index (κ1) is 18.8. The number of hydrogen-bond acceptors (Lipinski definition) is 8. The zero-order valence-corrected chi connectivity index (χ0v) is 17.6. The molecule has 0 radical (unpaired) electrons. The van der Waals surface area contributed by atoms with E-state index < -0.39 is 0 Å². The van der Waals surface area contributed by atoms with E-state index in [-0.39, 0.29) is 11.0 Å². The van der Waals surface area contributed by atoms with Gasteiger partial charge in [-0.25, -0.2) is 4.98 Å². The van der Waals surface area contributed by atoms with Gasteiger partial charge < -0.3 is 4.42 Å². The predicted molar refractivity (Wildman–Crippen MR) is 110 cm³/mol. The van der Waals surface area contributed by atoms with Crippen molar-refractivity contribution in [1.29, 1.82) is 0 Å². The van der Waals surface area contributed by atoms with E-state index in [1.807, 2.05) is 12.1 Å². The molecular weight excluding hydrogens is 394 g/mol. The minimum absolute atomic E-state index is 0.0982. The van der Waals surface area contributed by atoms with Gasteiger partial charge in [-0.3, -0.25) is 4.79 Å². The number of aryl methyl sites for hydroxylation is 1. The molecule has 7 nitrogen and oxygen atoms in total. The van der Waals surface area contributed by atoms with Crippen LogP contribution in [0.2, 0.25) is 0 Å². The molecule has 0 unspecified atom stereocenters. The highest BCUT2D eigenvalue weighted by molar-refractivity contribution is 7.98. The third-order valence-corrected chi connectivity index (χ3v) is 6.06. The summed E-state index contributed by atoms with van der Waals surface area (Å²) in [6, 6.07) is 9.63. The van der Waals surface area contributed by atoms with Crippen LogP contribution in [0, 0.1) is 6.92 Å². The molecular formula is C19H19N5O2S2. The molecule has 0 atom stereocenters. The maximum absolute atomic E-state index is 12.0. The molecule has 0 saturated heterocycles. The first-order valence-electron chi connectivity index (χ1n) is 8.73. The van der Waals surface area contributed by atoms with Gasteiger partial charge in [0.05, 0.1) is 5.75 Å². The summed E-state index contributed by atoms with van der Waals surface area (Å²) in [5.41, 5.74) is 2.75. The summed E-state index contributed by atoms with van der Waals surface area (Å²) in [5, 5.41) is 13.8. The Morgan fingerprint density at radius 2 is 1.93 bits per heavy atom. The van der Waals surface area contributed by atoms with E-state index in [1.54, 1.807) is 6.92 Å². The maximum Gasteiger partial charge on any atom is 0.277 e. The monoisotopic (exact) mass is 413 g/mol. The minimum atomic E-state index is -0.172. The highest BCUT2D eigenvalue weighted by Gasteiger charge is 2.15. The molecule has 0 amide bonds. The van der Waals surface area contributed by atoms with Crippen molar-refractivity contribution < 1.29 is 4.42 Å². The van der Waals surface area contributed by atoms with Crippen LogP contribution in [0.5, 0.6) is 0 Å². The Morgan fingerprint density at radius 3 is 2.64 bits per heavy atom. The molecule has 0 spiro atoms. The molecule has 0 aliphatic rings. The molecule has 3 aromatic heterocycles. The fourth-order valence-corrected chi connectivity index (χ4v) is 4.33. The van der Waals surface area contributed by atoms with Crippen LogP contribution in [0.25, 0.3) is 16.4 Å². The first-order chi connectivity index (χ1) is 13.3. The lowest BCUT2D eigenvalue weighted by Crippen LogP contribution is -2.14. The quantitative estimate of drug-likeness (QED) is 0.466. The molecule has 0 aliphatic heterocycles. The van der Waals surface area contributed by atoms with Crippen LogP contribution in [0.3, 0.4) is 0 Å². The van der Waals surface area contributed by atoms with E-state index in [9.17, 15) is 4.79 Å². The highest BCUT2D eigenvalue weighted by Crippen LogP contribution is 2.29. The van der Waals surface area contributed by atoms with E-state index in [4.69, 9.17) is 4.42 Å². The summed E-state index contributed by atoms with van der Waals surface area (Å²) < 4.78 is 7.09. The molecule has 0 N–H and O–H groups in total. The van der Waals surface area contributed by atoms with Gasteiger partial charge in [-0.1, -0.05) is 56.0 Å². The third kappa shape index (κ3) is 3.85. The van der Waals surface area contributed by atoms with E-state index in [1.165, 1.54) is 39.2 Å². The Hall–Kier alpha value is -2.52. The van der Waals surface area contributed by atoms with Crippen molar-refractivity contribution in [2.45, 2.75) is 44.1 Å². The van der Waals surface area contributed by atoms with Crippen molar-refractivity contribution >= 4 is 28.1 Å². The number of nitrogens with zero attached hydrogens (tertiary/aromatic N) is 5. The molecule has 0 aliphatic carbocycles. The third-order valence-electron chi connectivity index (χ3n) is 4.14. The van der Waals surface area contributed by atoms with E-state index in [0.29, 0.717) is 27.5 Å². The summed E-state index contributed by atoms with van der Waals surface area (Å²) in [7, 11) is 0. The molecule has 3 heterocycles. The number of aromatic nitrogens is 5. The second-order valence-electron chi connectivity index (χ2n) is 7.42. The SMILES string of the molecule is Cc1cc(=O)n2nc(CSc3nnc(-c4ccc(C(C)(C)C)cc4)o3)sc2n1. The van der Waals surface area contributed by atoms with Crippen LogP contribution in [-0.2, 0) is 11.2 Å². The van der Waals surface area contributed by atoms with E-state index in [2.05, 4.69) is 53.2 Å². The number of thioether (sulfide) groups is 1. The molecule has 0 saturated carbocycles. The van der Waals surface area contributed by atoms with Gasteiger partial charge in [0.1, 0.15) is 5.01 Å². The van der Waals surface area contributed by atoms with Gasteiger partial charge in [0.25, 0.3) is 10.8 Å². The molecule has 1 aromatic carbocycles. The Balaban J connectivity index is 1.48. The Bertz CT molecular complexity index is 1190. The lowest BCUT2D eigenvalue weighted by atomic mass is 9.87. The molecule has 4 rings (SSSR count). The first-order valence-corrected chi connectivity index (χ1v) is 10.5. The molecule has 28 heavy (non-hydrogen) atoms. The second-order valence-corrected chi connectivity index (χ2v) is 9.38. The van der Waals surface area contributed by atoms with Crippen LogP contribution in [0.15, 0.2) is 44.8 Å². The molecule has 144 valence electrons. The van der Waals surface area contributed by atoms with Gasteiger partial charge in [0.15, 0.2) is 0 Å². The average Bonchev–Trinajstić information content (AvgIpc) is 3.26. The van der Waals surface area contributed by atoms with Crippen molar-refractivity contribution in [2.24, 2.45) is 0 Å². The largest absolute Gasteiger partial charge is 0.411 e. The molecule has 0 bridgehead atoms. The van der Waals surface area contributed by atoms with Gasteiger partial charge in [-0.05, 0) is 30.0 Å². The van der Waals surface area contributed by atoms with E-state index in [0.717, 1.165) is 10.6 Å². The lowest BCUT2D eigenvalue weighted by Gasteiger charge is -2.18. The standard InChI is InChI=1S/C19H19N5O2S2/c1-11-9-15(25)24-17(20-11)28-14(23-24)10-27-18-22-21-16(26-18)12-5-7-13(8-6-12)19(2,3)4/h5-9H,10H2,1-4H3. The maximum atomic E-state index is 12.0. The summed E-state index contributed by atoms with van der Waals surface area (Å²) in [6.07, 6.45) is 0. The predicted octanol–water partition coefficient (Wildman–Crippen LogP) is 4.10. The van der Waals surface area contributed by atoms with Crippen molar-refractivity contribution in [3.8, 4) is 11.5 Å². The van der Waals surface area contributed by atoms with Crippen LogP contribution >= 0.6 is 23.1 Å². The fourth-order valence-electron chi connectivity index (χ4n) is 2.64. The number of rotatable bonds is 4. The van der Waals surface area contributed by atoms with Crippen molar-refractivity contribution in [3.63, 3.8) is 0 Å². The van der Waals surface area contributed by atoms with Gasteiger partial charge in [-0.2, -0.15) is 9.61 Å². The van der Waals surface area contributed by atoms with Crippen molar-refractivity contribution in [1.82, 2.24) is 24.8 Å². The smallest absolute Gasteiger partial charge is 0.277 e. The average molecular weight is 414 g/mol. The van der Waals surface area contributed by atoms with Crippen molar-refractivity contribution in [2.75, 3.05) is 0 Å². The molecule has 9 heteroatoms. The Kier molecular flexibility index (Phi) is 4.80. The normalized spacial score (nSPS) is 12.0. The summed E-state index contributed by atoms with van der Waals surface area (Å²) in [4.78, 5) is 16.9. The lowest BCUT2D eigenvalue weighted by molar-refractivity contribution is 0.465. The molecule has 4 aromatic rings. The molecule has 0 fully saturated rings. The van der Waals surface area contributed by atoms with Gasteiger partial charge >= 0.3 is 0 Å². The highest BCUT2D eigenvalue weighted by atomic mass is 32.2. The fraction of sp³-hybridized carbons (Fsp3) is 0.316. The Morgan fingerprint density at radius 1 is 1.18 bits per heavy atom. The summed E-state index contributed by atoms with van der Waals surface area (Å²) in [5.74, 6) is 1.01. The Labute approximate surface area is 169 Å². The minimum Gasteiger partial charge on any atom is -0.411 e. The summed E-state index contributed by atoms with van der Waals surface area (Å²) in [6.45, 7) is 8.33. The van der Waals surface area contributed by atoms with Gasteiger partial charge in [0, 0.05) is 17.3 Å². The number of fused-ring (bicyclic) bond motifs is 1. The zero-order valence-electron chi connectivity index (χ0n) is 16.0. The number of benzene rings is 1. The van der Waals surface area contributed by atoms with Crippen LogP contribution in [-0.4, -0.2) is 24.8 Å². The van der Waals surface area contributed by atoms with Crippen LogP contribution < -0.4 is 5.56 Å². The zero-order chi connectivity index (χ0) is 19.9.